The molecule has 0 unspecified atom stereocenters. The molecule has 1 saturated heterocycles. The van der Waals surface area contributed by atoms with Crippen LogP contribution < -0.4 is 4.74 Å². The SMILES string of the molecule is O=C(O)c1nc(OCC2COC2)ccc1Br. The van der Waals surface area contributed by atoms with Crippen molar-refractivity contribution >= 4 is 21.9 Å². The van der Waals surface area contributed by atoms with Crippen molar-refractivity contribution in [1.82, 2.24) is 4.98 Å². The minimum Gasteiger partial charge on any atom is -0.477 e. The molecule has 1 aliphatic heterocycles. The van der Waals surface area contributed by atoms with Crippen molar-refractivity contribution in [3.05, 3.63) is 22.3 Å². The minimum absolute atomic E-state index is 0.0395. The van der Waals surface area contributed by atoms with Gasteiger partial charge in [-0.1, -0.05) is 0 Å². The monoisotopic (exact) mass is 287 g/mol. The lowest BCUT2D eigenvalue weighted by molar-refractivity contribution is -0.0514. The van der Waals surface area contributed by atoms with Gasteiger partial charge >= 0.3 is 5.97 Å². The second-order valence-corrected chi connectivity index (χ2v) is 4.35. The van der Waals surface area contributed by atoms with E-state index in [1.54, 1.807) is 12.1 Å². The van der Waals surface area contributed by atoms with E-state index in [9.17, 15) is 4.79 Å². The molecule has 2 rings (SSSR count). The first-order chi connectivity index (χ1) is 7.66. The molecule has 2 heterocycles. The number of hydrogen-bond donors (Lipinski definition) is 1. The lowest BCUT2D eigenvalue weighted by atomic mass is 10.1. The second-order valence-electron chi connectivity index (χ2n) is 3.50. The van der Waals surface area contributed by atoms with Crippen molar-refractivity contribution in [2.45, 2.75) is 0 Å². The number of carboxylic acid groups (broad SMARTS) is 1. The number of carbonyl (C=O) groups is 1. The Labute approximate surface area is 101 Å². The molecule has 1 aromatic rings. The fourth-order valence-electron chi connectivity index (χ4n) is 1.24. The first-order valence-electron chi connectivity index (χ1n) is 4.77. The van der Waals surface area contributed by atoms with E-state index < -0.39 is 5.97 Å². The molecule has 6 heteroatoms. The van der Waals surface area contributed by atoms with E-state index in [0.717, 1.165) is 0 Å². The maximum absolute atomic E-state index is 10.8. The number of ether oxygens (including phenoxy) is 2. The van der Waals surface area contributed by atoms with Crippen LogP contribution in [0.3, 0.4) is 0 Å². The van der Waals surface area contributed by atoms with Gasteiger partial charge in [-0.25, -0.2) is 9.78 Å². The number of carboxylic acids is 1. The molecule has 86 valence electrons. The number of hydrogen-bond acceptors (Lipinski definition) is 4. The van der Waals surface area contributed by atoms with Gasteiger partial charge in [0, 0.05) is 12.0 Å². The van der Waals surface area contributed by atoms with Gasteiger partial charge in [-0.15, -0.1) is 0 Å². The average Bonchev–Trinajstić information content (AvgIpc) is 2.17. The number of halogens is 1. The van der Waals surface area contributed by atoms with E-state index in [4.69, 9.17) is 14.6 Å². The summed E-state index contributed by atoms with van der Waals surface area (Å²) in [5.41, 5.74) is -0.0395. The minimum atomic E-state index is -1.08. The molecule has 0 amide bonds. The molecule has 0 saturated carbocycles. The molecule has 1 aromatic heterocycles. The van der Waals surface area contributed by atoms with Crippen LogP contribution in [0.1, 0.15) is 10.5 Å². The third-order valence-corrected chi connectivity index (χ3v) is 2.84. The summed E-state index contributed by atoms with van der Waals surface area (Å²) in [5, 5.41) is 8.86. The highest BCUT2D eigenvalue weighted by Gasteiger charge is 2.19. The summed E-state index contributed by atoms with van der Waals surface area (Å²) in [7, 11) is 0. The third kappa shape index (κ3) is 2.51. The van der Waals surface area contributed by atoms with E-state index in [0.29, 0.717) is 36.1 Å². The number of nitrogens with zero attached hydrogens (tertiary/aromatic N) is 1. The second kappa shape index (κ2) is 4.80. The predicted octanol–water partition coefficient (Wildman–Crippen LogP) is 1.57. The van der Waals surface area contributed by atoms with Crippen LogP contribution in [-0.4, -0.2) is 35.9 Å². The number of aromatic carboxylic acids is 1. The standard InChI is InChI=1S/C10H10BrNO4/c11-7-1-2-8(12-9(7)10(13)14)16-5-6-3-15-4-6/h1-2,6H,3-5H2,(H,13,14). The van der Waals surface area contributed by atoms with Crippen molar-refractivity contribution in [3.63, 3.8) is 0 Å². The van der Waals surface area contributed by atoms with Gasteiger partial charge in [-0.2, -0.15) is 0 Å². The van der Waals surface area contributed by atoms with Gasteiger partial charge in [0.25, 0.3) is 0 Å². The molecule has 1 fully saturated rings. The first-order valence-corrected chi connectivity index (χ1v) is 5.56. The Morgan fingerprint density at radius 3 is 2.94 bits per heavy atom. The van der Waals surface area contributed by atoms with E-state index in [2.05, 4.69) is 20.9 Å². The summed E-state index contributed by atoms with van der Waals surface area (Å²) in [6, 6.07) is 3.25. The van der Waals surface area contributed by atoms with Crippen molar-refractivity contribution in [1.29, 1.82) is 0 Å². The fraction of sp³-hybridized carbons (Fsp3) is 0.400. The van der Waals surface area contributed by atoms with E-state index in [1.807, 2.05) is 0 Å². The van der Waals surface area contributed by atoms with Gasteiger partial charge in [-0.05, 0) is 22.0 Å². The van der Waals surface area contributed by atoms with Gasteiger partial charge in [0.05, 0.1) is 24.3 Å². The Morgan fingerprint density at radius 2 is 2.38 bits per heavy atom. The lowest BCUT2D eigenvalue weighted by Crippen LogP contribution is -2.32. The Bertz CT molecular complexity index is 406. The number of pyridine rings is 1. The summed E-state index contributed by atoms with van der Waals surface area (Å²) < 4.78 is 10.8. The zero-order valence-corrected chi connectivity index (χ0v) is 9.94. The molecular weight excluding hydrogens is 278 g/mol. The molecule has 16 heavy (non-hydrogen) atoms. The molecule has 0 atom stereocenters. The van der Waals surface area contributed by atoms with Gasteiger partial charge in [0.2, 0.25) is 5.88 Å². The Kier molecular flexibility index (Phi) is 3.40. The maximum atomic E-state index is 10.8. The van der Waals surface area contributed by atoms with Crippen molar-refractivity contribution in [2.24, 2.45) is 5.92 Å². The van der Waals surface area contributed by atoms with Crippen molar-refractivity contribution in [2.75, 3.05) is 19.8 Å². The van der Waals surface area contributed by atoms with Gasteiger partial charge in [-0.3, -0.25) is 0 Å². The quantitative estimate of drug-likeness (QED) is 0.910. The van der Waals surface area contributed by atoms with Gasteiger partial charge < -0.3 is 14.6 Å². The third-order valence-electron chi connectivity index (χ3n) is 2.20. The van der Waals surface area contributed by atoms with Crippen LogP contribution in [-0.2, 0) is 4.74 Å². The molecule has 0 radical (unpaired) electrons. The highest BCUT2D eigenvalue weighted by Crippen LogP contribution is 2.19. The van der Waals surface area contributed by atoms with Crippen LogP contribution >= 0.6 is 15.9 Å². The Balaban J connectivity index is 2.03. The molecule has 5 nitrogen and oxygen atoms in total. The van der Waals surface area contributed by atoms with Crippen LogP contribution in [0, 0.1) is 5.92 Å². The van der Waals surface area contributed by atoms with Gasteiger partial charge in [0.15, 0.2) is 5.69 Å². The largest absolute Gasteiger partial charge is 0.477 e. The summed E-state index contributed by atoms with van der Waals surface area (Å²) >= 11 is 3.12. The van der Waals surface area contributed by atoms with E-state index in [1.165, 1.54) is 0 Å². The summed E-state index contributed by atoms with van der Waals surface area (Å²) in [6.07, 6.45) is 0. The summed E-state index contributed by atoms with van der Waals surface area (Å²) in [5.74, 6) is -0.365. The molecule has 1 aliphatic rings. The number of rotatable bonds is 4. The molecular formula is C10H10BrNO4. The summed E-state index contributed by atoms with van der Waals surface area (Å²) in [6.45, 7) is 1.90. The van der Waals surface area contributed by atoms with E-state index >= 15 is 0 Å². The number of aromatic nitrogens is 1. The maximum Gasteiger partial charge on any atom is 0.355 e. The van der Waals surface area contributed by atoms with E-state index in [-0.39, 0.29) is 5.69 Å². The molecule has 0 aliphatic carbocycles. The molecule has 0 bridgehead atoms. The topological polar surface area (TPSA) is 68.7 Å². The Hall–Kier alpha value is -1.14. The van der Waals surface area contributed by atoms with Crippen LogP contribution in [0.5, 0.6) is 5.88 Å². The van der Waals surface area contributed by atoms with Crippen LogP contribution in [0.15, 0.2) is 16.6 Å². The molecule has 0 spiro atoms. The van der Waals surface area contributed by atoms with Crippen molar-refractivity contribution < 1.29 is 19.4 Å². The average molecular weight is 288 g/mol. The highest BCUT2D eigenvalue weighted by atomic mass is 79.9. The zero-order valence-electron chi connectivity index (χ0n) is 8.35. The van der Waals surface area contributed by atoms with Crippen molar-refractivity contribution in [3.8, 4) is 5.88 Å². The molecule has 1 N–H and O–H groups in total. The zero-order chi connectivity index (χ0) is 11.5. The molecule has 0 aromatic carbocycles. The first kappa shape index (κ1) is 11.3. The fourth-order valence-corrected chi connectivity index (χ4v) is 1.63. The van der Waals surface area contributed by atoms with Crippen LogP contribution in [0.25, 0.3) is 0 Å². The smallest absolute Gasteiger partial charge is 0.355 e. The Morgan fingerprint density at radius 1 is 1.62 bits per heavy atom. The lowest BCUT2D eigenvalue weighted by Gasteiger charge is -2.25. The summed E-state index contributed by atoms with van der Waals surface area (Å²) in [4.78, 5) is 14.7. The van der Waals surface area contributed by atoms with Crippen LogP contribution in [0.2, 0.25) is 0 Å². The predicted molar refractivity (Wildman–Crippen MR) is 58.7 cm³/mol. The normalized spacial score (nSPS) is 15.6. The van der Waals surface area contributed by atoms with Gasteiger partial charge in [0.1, 0.15) is 0 Å². The van der Waals surface area contributed by atoms with Crippen LogP contribution in [0.4, 0.5) is 0 Å². The highest BCUT2D eigenvalue weighted by molar-refractivity contribution is 9.10.